The first-order valence-corrected chi connectivity index (χ1v) is 7.24. The molecule has 1 aliphatic heterocycles. The highest BCUT2D eigenvalue weighted by atomic mass is 16.3. The molecule has 0 unspecified atom stereocenters. The minimum Gasteiger partial charge on any atom is -0.394 e. The summed E-state index contributed by atoms with van der Waals surface area (Å²) in [5, 5.41) is 13.8. The lowest BCUT2D eigenvalue weighted by atomic mass is 10.2. The zero-order valence-corrected chi connectivity index (χ0v) is 12.1. The molecule has 1 atom stereocenters. The van der Waals surface area contributed by atoms with Crippen LogP contribution < -0.4 is 0 Å². The molecule has 0 aliphatic carbocycles. The van der Waals surface area contributed by atoms with Gasteiger partial charge in [-0.25, -0.2) is 4.68 Å². The Bertz CT molecular complexity index is 636. The molecule has 1 aliphatic rings. The van der Waals surface area contributed by atoms with Gasteiger partial charge in [-0.15, -0.1) is 0 Å². The predicted octanol–water partition coefficient (Wildman–Crippen LogP) is 1.78. The van der Waals surface area contributed by atoms with Crippen LogP contribution in [0.5, 0.6) is 0 Å². The van der Waals surface area contributed by atoms with Crippen LogP contribution in [0.15, 0.2) is 36.5 Å². The number of aliphatic hydroxyl groups excluding tert-OH is 1. The number of aryl methyl sites for hydroxylation is 1. The fourth-order valence-corrected chi connectivity index (χ4v) is 2.83. The van der Waals surface area contributed by atoms with Gasteiger partial charge >= 0.3 is 0 Å². The molecule has 0 radical (unpaired) electrons. The van der Waals surface area contributed by atoms with E-state index in [1.807, 2.05) is 37.3 Å². The molecule has 1 saturated heterocycles. The molecule has 1 aromatic carbocycles. The Labute approximate surface area is 123 Å². The molecule has 5 nitrogen and oxygen atoms in total. The maximum Gasteiger partial charge on any atom is 0.257 e. The summed E-state index contributed by atoms with van der Waals surface area (Å²) in [6, 6.07) is 9.67. The van der Waals surface area contributed by atoms with Gasteiger partial charge in [0.05, 0.1) is 29.6 Å². The smallest absolute Gasteiger partial charge is 0.257 e. The van der Waals surface area contributed by atoms with Crippen LogP contribution in [-0.2, 0) is 0 Å². The van der Waals surface area contributed by atoms with Crippen molar-refractivity contribution in [2.75, 3.05) is 13.2 Å². The maximum atomic E-state index is 12.6. The number of aromatic nitrogens is 2. The van der Waals surface area contributed by atoms with Crippen LogP contribution in [0.3, 0.4) is 0 Å². The number of amides is 1. The lowest BCUT2D eigenvalue weighted by Gasteiger charge is -2.22. The molecule has 1 fully saturated rings. The number of hydrogen-bond donors (Lipinski definition) is 1. The van der Waals surface area contributed by atoms with Crippen LogP contribution in [0.4, 0.5) is 0 Å². The normalized spacial score (nSPS) is 18.2. The Morgan fingerprint density at radius 1 is 1.38 bits per heavy atom. The lowest BCUT2D eigenvalue weighted by molar-refractivity contribution is 0.0677. The number of rotatable bonds is 3. The van der Waals surface area contributed by atoms with E-state index in [-0.39, 0.29) is 18.6 Å². The molecule has 1 N–H and O–H groups in total. The van der Waals surface area contributed by atoms with E-state index in [0.29, 0.717) is 17.8 Å². The van der Waals surface area contributed by atoms with E-state index in [2.05, 4.69) is 5.10 Å². The summed E-state index contributed by atoms with van der Waals surface area (Å²) in [6.07, 6.45) is 3.59. The predicted molar refractivity (Wildman–Crippen MR) is 79.4 cm³/mol. The van der Waals surface area contributed by atoms with Gasteiger partial charge in [0.2, 0.25) is 0 Å². The average molecular weight is 285 g/mol. The van der Waals surface area contributed by atoms with Gasteiger partial charge in [0.15, 0.2) is 0 Å². The Morgan fingerprint density at radius 3 is 2.86 bits per heavy atom. The first kappa shape index (κ1) is 13.8. The van der Waals surface area contributed by atoms with Crippen LogP contribution in [-0.4, -0.2) is 44.9 Å². The van der Waals surface area contributed by atoms with Crippen molar-refractivity contribution in [1.29, 1.82) is 0 Å². The van der Waals surface area contributed by atoms with Crippen LogP contribution in [0.2, 0.25) is 0 Å². The molecule has 5 heteroatoms. The molecule has 0 saturated carbocycles. The molecule has 1 aromatic heterocycles. The Hall–Kier alpha value is -2.14. The minimum absolute atomic E-state index is 0.0254. The van der Waals surface area contributed by atoms with Crippen molar-refractivity contribution in [1.82, 2.24) is 14.7 Å². The van der Waals surface area contributed by atoms with Gasteiger partial charge in [-0.1, -0.05) is 18.2 Å². The third-order valence-corrected chi connectivity index (χ3v) is 4.00. The first-order valence-electron chi connectivity index (χ1n) is 7.24. The number of carbonyl (C=O) groups is 1. The van der Waals surface area contributed by atoms with Gasteiger partial charge in [0.25, 0.3) is 5.91 Å². The summed E-state index contributed by atoms with van der Waals surface area (Å²) < 4.78 is 1.73. The molecule has 3 rings (SSSR count). The van der Waals surface area contributed by atoms with Crippen molar-refractivity contribution in [2.24, 2.45) is 0 Å². The summed E-state index contributed by atoms with van der Waals surface area (Å²) in [4.78, 5) is 14.4. The first-order chi connectivity index (χ1) is 10.2. The summed E-state index contributed by atoms with van der Waals surface area (Å²) >= 11 is 0. The quantitative estimate of drug-likeness (QED) is 0.935. The molecular formula is C16H19N3O2. The third-order valence-electron chi connectivity index (χ3n) is 4.00. The van der Waals surface area contributed by atoms with Crippen LogP contribution in [0, 0.1) is 6.92 Å². The van der Waals surface area contributed by atoms with E-state index >= 15 is 0 Å². The van der Waals surface area contributed by atoms with E-state index < -0.39 is 0 Å². The summed E-state index contributed by atoms with van der Waals surface area (Å²) in [5.74, 6) is -0.0359. The van der Waals surface area contributed by atoms with Gasteiger partial charge in [0.1, 0.15) is 0 Å². The van der Waals surface area contributed by atoms with Crippen molar-refractivity contribution in [3.63, 3.8) is 0 Å². The van der Waals surface area contributed by atoms with Crippen molar-refractivity contribution < 1.29 is 9.90 Å². The molecule has 0 spiro atoms. The van der Waals surface area contributed by atoms with Crippen molar-refractivity contribution >= 4 is 5.91 Å². The van der Waals surface area contributed by atoms with Crippen molar-refractivity contribution in [3.8, 4) is 5.69 Å². The lowest BCUT2D eigenvalue weighted by Crippen LogP contribution is -2.37. The van der Waals surface area contributed by atoms with E-state index in [9.17, 15) is 9.90 Å². The van der Waals surface area contributed by atoms with Gasteiger partial charge in [-0.2, -0.15) is 5.10 Å². The number of carbonyl (C=O) groups excluding carboxylic acids is 1. The zero-order valence-electron chi connectivity index (χ0n) is 12.1. The van der Waals surface area contributed by atoms with Crippen molar-refractivity contribution in [3.05, 3.63) is 47.8 Å². The summed E-state index contributed by atoms with van der Waals surface area (Å²) in [5.41, 5.74) is 2.26. The molecule has 0 bridgehead atoms. The van der Waals surface area contributed by atoms with Gasteiger partial charge in [0, 0.05) is 12.7 Å². The van der Waals surface area contributed by atoms with Crippen LogP contribution in [0.25, 0.3) is 5.69 Å². The highest BCUT2D eigenvalue weighted by Gasteiger charge is 2.30. The van der Waals surface area contributed by atoms with Gasteiger partial charge < -0.3 is 10.0 Å². The minimum atomic E-state index is -0.0584. The van der Waals surface area contributed by atoms with E-state index in [1.54, 1.807) is 15.8 Å². The number of nitrogens with zero attached hydrogens (tertiary/aromatic N) is 3. The molecular weight excluding hydrogens is 266 g/mol. The van der Waals surface area contributed by atoms with Crippen molar-refractivity contribution in [2.45, 2.75) is 25.8 Å². The van der Waals surface area contributed by atoms with Gasteiger partial charge in [-0.05, 0) is 31.9 Å². The molecule has 21 heavy (non-hydrogen) atoms. The second kappa shape index (κ2) is 5.69. The number of hydrogen-bond acceptors (Lipinski definition) is 3. The van der Waals surface area contributed by atoms with Crippen LogP contribution in [0.1, 0.15) is 28.9 Å². The van der Waals surface area contributed by atoms with E-state index in [1.165, 1.54) is 0 Å². The highest BCUT2D eigenvalue weighted by Crippen LogP contribution is 2.21. The van der Waals surface area contributed by atoms with E-state index in [0.717, 1.165) is 18.5 Å². The van der Waals surface area contributed by atoms with E-state index in [4.69, 9.17) is 0 Å². The molecule has 2 aromatic rings. The average Bonchev–Trinajstić information content (AvgIpc) is 3.13. The Balaban J connectivity index is 1.89. The SMILES string of the molecule is Cc1nn(-c2ccccc2)cc1C(=O)N1CCC[C@@H]1CO. The number of aliphatic hydroxyl groups is 1. The maximum absolute atomic E-state index is 12.6. The fourth-order valence-electron chi connectivity index (χ4n) is 2.83. The Kier molecular flexibility index (Phi) is 3.75. The number of para-hydroxylation sites is 1. The molecule has 2 heterocycles. The van der Waals surface area contributed by atoms with Gasteiger partial charge in [-0.3, -0.25) is 4.79 Å². The Morgan fingerprint density at radius 2 is 2.14 bits per heavy atom. The summed E-state index contributed by atoms with van der Waals surface area (Å²) in [6.45, 7) is 2.58. The standard InChI is InChI=1S/C16H19N3O2/c1-12-15(16(21)18-9-5-8-14(18)11-20)10-19(17-12)13-6-3-2-4-7-13/h2-4,6-7,10,14,20H,5,8-9,11H2,1H3/t14-/m1/s1. The highest BCUT2D eigenvalue weighted by molar-refractivity contribution is 5.95. The summed E-state index contributed by atoms with van der Waals surface area (Å²) in [7, 11) is 0. The van der Waals surface area contributed by atoms with Crippen LogP contribution >= 0.6 is 0 Å². The molecule has 110 valence electrons. The fraction of sp³-hybridized carbons (Fsp3) is 0.375. The third kappa shape index (κ3) is 2.56. The zero-order chi connectivity index (χ0) is 14.8. The second-order valence-corrected chi connectivity index (χ2v) is 5.39. The number of benzene rings is 1. The topological polar surface area (TPSA) is 58.4 Å². The second-order valence-electron chi connectivity index (χ2n) is 5.39. The number of likely N-dealkylation sites (tertiary alicyclic amines) is 1. The largest absolute Gasteiger partial charge is 0.394 e. The monoisotopic (exact) mass is 285 g/mol. The molecule has 1 amide bonds.